The molecule has 0 saturated heterocycles. The van der Waals surface area contributed by atoms with E-state index in [4.69, 9.17) is 9.52 Å². The van der Waals surface area contributed by atoms with Gasteiger partial charge in [0.2, 0.25) is 11.8 Å². The van der Waals surface area contributed by atoms with Crippen LogP contribution in [0.4, 0.5) is 0 Å². The smallest absolute Gasteiger partial charge is 0.230 e. The summed E-state index contributed by atoms with van der Waals surface area (Å²) in [6.45, 7) is 8.91. The molecule has 1 unspecified atom stereocenters. The van der Waals surface area contributed by atoms with E-state index in [1.54, 1.807) is 6.92 Å². The van der Waals surface area contributed by atoms with Crippen LogP contribution in [0.1, 0.15) is 39.0 Å². The summed E-state index contributed by atoms with van der Waals surface area (Å²) in [7, 11) is 0. The Hall–Kier alpha value is -0.940. The van der Waals surface area contributed by atoms with E-state index < -0.39 is 0 Å². The molecule has 16 heavy (non-hydrogen) atoms. The van der Waals surface area contributed by atoms with Crippen molar-refractivity contribution < 1.29 is 9.52 Å². The van der Waals surface area contributed by atoms with Crippen molar-refractivity contribution in [2.45, 2.75) is 46.7 Å². The summed E-state index contributed by atoms with van der Waals surface area (Å²) in [6.07, 6.45) is 0.719. The molecule has 1 aromatic rings. The minimum Gasteiger partial charge on any atom is -0.424 e. The van der Waals surface area contributed by atoms with Crippen LogP contribution in [-0.2, 0) is 6.54 Å². The first-order valence-electron chi connectivity index (χ1n) is 5.56. The van der Waals surface area contributed by atoms with Crippen LogP contribution >= 0.6 is 0 Å². The fourth-order valence-corrected chi connectivity index (χ4v) is 1.59. The second-order valence-corrected chi connectivity index (χ2v) is 5.03. The molecule has 92 valence electrons. The second-order valence-electron chi connectivity index (χ2n) is 5.03. The average Bonchev–Trinajstić information content (AvgIpc) is 2.57. The average molecular weight is 227 g/mol. The number of nitrogens with zero attached hydrogens (tertiary/aromatic N) is 2. The molecule has 0 amide bonds. The zero-order chi connectivity index (χ0) is 12.2. The van der Waals surface area contributed by atoms with Crippen molar-refractivity contribution in [3.05, 3.63) is 11.8 Å². The zero-order valence-electron chi connectivity index (χ0n) is 10.4. The highest BCUT2D eigenvalue weighted by molar-refractivity contribution is 4.84. The van der Waals surface area contributed by atoms with Crippen LogP contribution in [0.15, 0.2) is 4.42 Å². The highest BCUT2D eigenvalue weighted by Gasteiger charge is 2.23. The Morgan fingerprint density at radius 1 is 1.38 bits per heavy atom. The molecular formula is C11H21N3O2. The maximum atomic E-state index is 9.01. The van der Waals surface area contributed by atoms with Crippen molar-refractivity contribution >= 4 is 0 Å². The van der Waals surface area contributed by atoms with Crippen LogP contribution in [0.3, 0.4) is 0 Å². The molecule has 2 N–H and O–H groups in total. The van der Waals surface area contributed by atoms with Crippen LogP contribution in [-0.4, -0.2) is 28.0 Å². The van der Waals surface area contributed by atoms with E-state index in [0.717, 1.165) is 6.42 Å². The summed E-state index contributed by atoms with van der Waals surface area (Å²) in [4.78, 5) is 0. The highest BCUT2D eigenvalue weighted by Crippen LogP contribution is 2.21. The molecule has 1 atom stereocenters. The number of aliphatic hydroxyl groups is 1. The molecule has 1 aromatic heterocycles. The van der Waals surface area contributed by atoms with Crippen LogP contribution in [0.5, 0.6) is 0 Å². The second kappa shape index (κ2) is 5.41. The zero-order valence-corrected chi connectivity index (χ0v) is 10.4. The van der Waals surface area contributed by atoms with Gasteiger partial charge in [-0.05, 0) is 11.8 Å². The van der Waals surface area contributed by atoms with Gasteiger partial charge in [0.15, 0.2) is 0 Å². The molecule has 0 aromatic carbocycles. The minimum absolute atomic E-state index is 0.0950. The molecule has 1 rings (SSSR count). The van der Waals surface area contributed by atoms with Gasteiger partial charge in [-0.3, -0.25) is 0 Å². The lowest BCUT2D eigenvalue weighted by Gasteiger charge is -2.30. The van der Waals surface area contributed by atoms with E-state index in [9.17, 15) is 0 Å². The maximum absolute atomic E-state index is 9.01. The van der Waals surface area contributed by atoms with Gasteiger partial charge in [-0.25, -0.2) is 0 Å². The number of aryl methyl sites for hydroxylation is 1. The summed E-state index contributed by atoms with van der Waals surface area (Å²) < 4.78 is 5.28. The van der Waals surface area contributed by atoms with Crippen molar-refractivity contribution in [2.24, 2.45) is 5.41 Å². The topological polar surface area (TPSA) is 71.2 Å². The third kappa shape index (κ3) is 3.90. The summed E-state index contributed by atoms with van der Waals surface area (Å²) in [5.74, 6) is 1.16. The number of aromatic nitrogens is 2. The summed E-state index contributed by atoms with van der Waals surface area (Å²) in [6, 6.07) is 0.227. The lowest BCUT2D eigenvalue weighted by Crippen LogP contribution is -2.40. The molecule has 0 bridgehead atoms. The standard InChI is InChI=1S/C11H21N3O2/c1-8-13-14-10(16-8)7-12-9(5-6-15)11(2,3)4/h9,12,15H,5-7H2,1-4H3. The van der Waals surface area contributed by atoms with Gasteiger partial charge < -0.3 is 14.8 Å². The predicted octanol–water partition coefficient (Wildman–Crippen LogP) is 1.26. The van der Waals surface area contributed by atoms with Crippen molar-refractivity contribution in [3.8, 4) is 0 Å². The molecular weight excluding hydrogens is 206 g/mol. The van der Waals surface area contributed by atoms with Crippen molar-refractivity contribution in [1.29, 1.82) is 0 Å². The Kier molecular flexibility index (Phi) is 4.44. The molecule has 0 fully saturated rings. The summed E-state index contributed by atoms with van der Waals surface area (Å²) in [5.41, 5.74) is 0.0950. The van der Waals surface area contributed by atoms with Gasteiger partial charge in [-0.1, -0.05) is 20.8 Å². The Bertz CT molecular complexity index is 317. The first kappa shape index (κ1) is 13.1. The molecule has 0 spiro atoms. The van der Waals surface area contributed by atoms with E-state index in [2.05, 4.69) is 36.3 Å². The summed E-state index contributed by atoms with van der Waals surface area (Å²) in [5, 5.41) is 20.0. The number of hydrogen-bond donors (Lipinski definition) is 2. The van der Waals surface area contributed by atoms with Crippen molar-refractivity contribution in [3.63, 3.8) is 0 Å². The fourth-order valence-electron chi connectivity index (χ4n) is 1.59. The SMILES string of the molecule is Cc1nnc(CNC(CCO)C(C)(C)C)o1. The minimum atomic E-state index is 0.0950. The van der Waals surface area contributed by atoms with Crippen LogP contribution in [0.25, 0.3) is 0 Å². The van der Waals surface area contributed by atoms with Gasteiger partial charge in [0.1, 0.15) is 0 Å². The van der Waals surface area contributed by atoms with Crippen molar-refractivity contribution in [2.75, 3.05) is 6.61 Å². The number of hydrogen-bond acceptors (Lipinski definition) is 5. The van der Waals surface area contributed by atoms with E-state index >= 15 is 0 Å². The molecule has 0 saturated carbocycles. The fraction of sp³-hybridized carbons (Fsp3) is 0.818. The lowest BCUT2D eigenvalue weighted by atomic mass is 9.85. The lowest BCUT2D eigenvalue weighted by molar-refractivity contribution is 0.193. The highest BCUT2D eigenvalue weighted by atomic mass is 16.4. The third-order valence-electron chi connectivity index (χ3n) is 2.53. The van der Waals surface area contributed by atoms with Gasteiger partial charge in [0.25, 0.3) is 0 Å². The van der Waals surface area contributed by atoms with Gasteiger partial charge in [0, 0.05) is 19.6 Å². The van der Waals surface area contributed by atoms with Crippen LogP contribution in [0, 0.1) is 12.3 Å². The number of aliphatic hydroxyl groups excluding tert-OH is 1. The van der Waals surface area contributed by atoms with Crippen LogP contribution < -0.4 is 5.32 Å². The summed E-state index contributed by atoms with van der Waals surface area (Å²) >= 11 is 0. The van der Waals surface area contributed by atoms with E-state index in [1.807, 2.05) is 0 Å². The van der Waals surface area contributed by atoms with Gasteiger partial charge in [-0.15, -0.1) is 10.2 Å². The van der Waals surface area contributed by atoms with E-state index in [0.29, 0.717) is 18.3 Å². The Balaban J connectivity index is 2.50. The maximum Gasteiger partial charge on any atom is 0.230 e. The number of rotatable bonds is 5. The largest absolute Gasteiger partial charge is 0.424 e. The number of nitrogens with one attached hydrogen (secondary N) is 1. The van der Waals surface area contributed by atoms with Gasteiger partial charge in [-0.2, -0.15) is 0 Å². The molecule has 0 radical (unpaired) electrons. The molecule has 0 aliphatic carbocycles. The molecule has 1 heterocycles. The van der Waals surface area contributed by atoms with Crippen LogP contribution in [0.2, 0.25) is 0 Å². The first-order valence-corrected chi connectivity index (χ1v) is 5.56. The normalized spacial score (nSPS) is 14.1. The Morgan fingerprint density at radius 2 is 2.06 bits per heavy atom. The molecule has 5 heteroatoms. The Morgan fingerprint density at radius 3 is 2.50 bits per heavy atom. The van der Waals surface area contributed by atoms with Gasteiger partial charge >= 0.3 is 0 Å². The molecule has 5 nitrogen and oxygen atoms in total. The first-order chi connectivity index (χ1) is 7.43. The van der Waals surface area contributed by atoms with Gasteiger partial charge in [0.05, 0.1) is 6.54 Å². The van der Waals surface area contributed by atoms with Crippen molar-refractivity contribution in [1.82, 2.24) is 15.5 Å². The monoisotopic (exact) mass is 227 g/mol. The third-order valence-corrected chi connectivity index (χ3v) is 2.53. The Labute approximate surface area is 96.3 Å². The van der Waals surface area contributed by atoms with E-state index in [-0.39, 0.29) is 18.1 Å². The molecule has 0 aliphatic heterocycles. The quantitative estimate of drug-likeness (QED) is 0.792. The predicted molar refractivity (Wildman–Crippen MR) is 60.8 cm³/mol. The molecule has 0 aliphatic rings. The van der Waals surface area contributed by atoms with E-state index in [1.165, 1.54) is 0 Å².